The molecule has 0 unspecified atom stereocenters. The van der Waals surface area contributed by atoms with E-state index in [0.717, 1.165) is 4.90 Å². The maximum Gasteiger partial charge on any atom is 0.408 e. The molecule has 9 N–H and O–H groups in total. The van der Waals surface area contributed by atoms with Crippen LogP contribution in [-0.4, -0.2) is 98.4 Å². The molecular formula is C36H50F4N8O9. The topological polar surface area (TPSA) is 253 Å². The largest absolute Gasteiger partial charge is 0.445 e. The molecule has 57 heavy (non-hydrogen) atoms. The van der Waals surface area contributed by atoms with Crippen molar-refractivity contribution in [1.29, 1.82) is 0 Å². The lowest BCUT2D eigenvalue weighted by Gasteiger charge is -2.26. The number of nitrogens with two attached hydrogens (primary N) is 2. The quantitative estimate of drug-likeness (QED) is 0.0323. The van der Waals surface area contributed by atoms with Gasteiger partial charge in [0.2, 0.25) is 35.1 Å². The summed E-state index contributed by atoms with van der Waals surface area (Å²) in [7, 11) is 1.63. The third-order valence-corrected chi connectivity index (χ3v) is 7.58. The van der Waals surface area contributed by atoms with Gasteiger partial charge in [0.15, 0.2) is 11.6 Å². The number of carbonyl (C=O) groups excluding carboxylic acids is 7. The number of benzene rings is 2. The number of aldehydes is 1. The van der Waals surface area contributed by atoms with E-state index in [9.17, 15) is 51.1 Å². The first kappa shape index (κ1) is 49.2. The molecule has 0 spiro atoms. The molecule has 0 bridgehead atoms. The van der Waals surface area contributed by atoms with Gasteiger partial charge in [0.25, 0.3) is 0 Å². The average Bonchev–Trinajstić information content (AvgIpc) is 3.68. The van der Waals surface area contributed by atoms with E-state index in [4.69, 9.17) is 16.2 Å². The van der Waals surface area contributed by atoms with Crippen LogP contribution in [0.5, 0.6) is 5.75 Å². The SMILES string of the molecule is CCC.CN[C@@H](CCCNC(N)=O)C(=O)Nc1ccc(COC(=O)N[C@H](C)C(=O)N2CCC[C@@H]2C(=O)Oc2c(F)c(F)cc(F)c2F)cc1.NCC(=O)NCC=O. The van der Waals surface area contributed by atoms with Gasteiger partial charge in [-0.3, -0.25) is 14.4 Å². The molecule has 3 atom stereocenters. The molecule has 1 aliphatic heterocycles. The smallest absolute Gasteiger partial charge is 0.408 e. The van der Waals surface area contributed by atoms with Gasteiger partial charge >= 0.3 is 18.1 Å². The Hall–Kier alpha value is -5.83. The second-order valence-electron chi connectivity index (χ2n) is 12.2. The van der Waals surface area contributed by atoms with Crippen LogP contribution in [-0.2, 0) is 35.3 Å². The maximum atomic E-state index is 14.0. The Morgan fingerprint density at radius 1 is 1.00 bits per heavy atom. The number of esters is 1. The van der Waals surface area contributed by atoms with E-state index in [1.165, 1.54) is 13.3 Å². The zero-order valence-corrected chi connectivity index (χ0v) is 32.1. The van der Waals surface area contributed by atoms with E-state index in [2.05, 4.69) is 45.2 Å². The minimum atomic E-state index is -1.90. The minimum absolute atomic E-state index is 0.0337. The molecule has 1 fully saturated rings. The van der Waals surface area contributed by atoms with E-state index < -0.39 is 71.1 Å². The van der Waals surface area contributed by atoms with Gasteiger partial charge < -0.3 is 57.2 Å². The van der Waals surface area contributed by atoms with Crippen molar-refractivity contribution >= 4 is 47.8 Å². The second-order valence-corrected chi connectivity index (χ2v) is 12.2. The zero-order chi connectivity index (χ0) is 43.1. The maximum absolute atomic E-state index is 14.0. The Balaban J connectivity index is 0.00000129. The molecule has 1 heterocycles. The van der Waals surface area contributed by atoms with Gasteiger partial charge in [0.1, 0.15) is 25.0 Å². The summed E-state index contributed by atoms with van der Waals surface area (Å²) in [6, 6.07) is 2.72. The van der Waals surface area contributed by atoms with Crippen LogP contribution >= 0.6 is 0 Å². The third kappa shape index (κ3) is 17.2. The van der Waals surface area contributed by atoms with Crippen molar-refractivity contribution < 1.29 is 60.6 Å². The van der Waals surface area contributed by atoms with E-state index in [0.29, 0.717) is 43.3 Å². The standard InChI is InChI=1S/C29H34F4N6O7.C4H8N2O2.C3H8/c1-15(26(41)39-12-4-6-21(39)27(42)46-24-22(32)18(30)13-19(31)23(24)33)37-29(44)45-14-16-7-9-17(10-8-16)38-25(40)20(35-2)5-3-11-36-28(34)43;5-3-4(8)6-1-2-7;1-3-2/h7-10,13,15,20-21,35H,3-6,11-12,14H2,1-2H3,(H,37,44)(H,38,40)(H3,34,36,43);2H,1,3,5H2,(H,6,8);3H2,1-2H3/t15-,20+,21-;;/m1../s1. The highest BCUT2D eigenvalue weighted by Gasteiger charge is 2.39. The van der Waals surface area contributed by atoms with E-state index in [-0.39, 0.29) is 50.5 Å². The fourth-order valence-corrected chi connectivity index (χ4v) is 4.83. The monoisotopic (exact) mass is 814 g/mol. The van der Waals surface area contributed by atoms with Gasteiger partial charge in [-0.2, -0.15) is 8.78 Å². The molecule has 17 nitrogen and oxygen atoms in total. The molecule has 316 valence electrons. The summed E-state index contributed by atoms with van der Waals surface area (Å²) >= 11 is 0. The molecule has 3 rings (SSSR count). The number of likely N-dealkylation sites (N-methyl/N-ethyl adjacent to an activating group) is 1. The van der Waals surface area contributed by atoms with Crippen molar-refractivity contribution in [3.8, 4) is 5.75 Å². The number of rotatable bonds is 16. The lowest BCUT2D eigenvalue weighted by Crippen LogP contribution is -2.51. The van der Waals surface area contributed by atoms with Crippen molar-refractivity contribution in [3.63, 3.8) is 0 Å². The fraction of sp³-hybridized carbons (Fsp3) is 0.472. The number of halogens is 4. The first-order valence-corrected chi connectivity index (χ1v) is 17.8. The molecule has 0 aromatic heterocycles. The highest BCUT2D eigenvalue weighted by molar-refractivity contribution is 5.95. The predicted molar refractivity (Wildman–Crippen MR) is 198 cm³/mol. The number of ether oxygens (including phenoxy) is 2. The Kier molecular flexibility index (Phi) is 22.5. The Morgan fingerprint density at radius 2 is 1.61 bits per heavy atom. The van der Waals surface area contributed by atoms with Crippen molar-refractivity contribution in [3.05, 3.63) is 59.2 Å². The van der Waals surface area contributed by atoms with Crippen LogP contribution in [0.4, 0.5) is 32.8 Å². The number of anilines is 1. The Morgan fingerprint density at radius 3 is 2.16 bits per heavy atom. The summed E-state index contributed by atoms with van der Waals surface area (Å²) in [5.74, 6) is -11.5. The third-order valence-electron chi connectivity index (χ3n) is 7.58. The lowest BCUT2D eigenvalue weighted by molar-refractivity contribution is -0.147. The summed E-state index contributed by atoms with van der Waals surface area (Å²) in [6.45, 7) is 5.76. The van der Waals surface area contributed by atoms with Crippen molar-refractivity contribution in [2.45, 2.75) is 77.6 Å². The normalized spacial score (nSPS) is 13.9. The second kappa shape index (κ2) is 26.1. The van der Waals surface area contributed by atoms with Crippen molar-refractivity contribution in [1.82, 2.24) is 26.2 Å². The molecule has 0 saturated carbocycles. The molecule has 2 aromatic rings. The van der Waals surface area contributed by atoms with E-state index in [1.54, 1.807) is 31.3 Å². The highest BCUT2D eigenvalue weighted by atomic mass is 19.2. The van der Waals surface area contributed by atoms with Gasteiger partial charge in [-0.25, -0.2) is 23.2 Å². The molecule has 0 radical (unpaired) electrons. The molecule has 21 heteroatoms. The summed E-state index contributed by atoms with van der Waals surface area (Å²) in [4.78, 5) is 82.0. The molecule has 0 aliphatic carbocycles. The number of nitrogens with zero attached hydrogens (tertiary/aromatic N) is 1. The van der Waals surface area contributed by atoms with Crippen LogP contribution in [0.3, 0.4) is 0 Å². The molecule has 6 amide bonds. The van der Waals surface area contributed by atoms with Gasteiger partial charge in [0, 0.05) is 24.8 Å². The number of hydrogen-bond acceptors (Lipinski definition) is 11. The van der Waals surface area contributed by atoms with Gasteiger partial charge in [-0.05, 0) is 57.4 Å². The Bertz CT molecular complexity index is 1640. The molecule has 2 aromatic carbocycles. The van der Waals surface area contributed by atoms with Gasteiger partial charge in [-0.1, -0.05) is 32.4 Å². The molecule has 1 saturated heterocycles. The summed E-state index contributed by atoms with van der Waals surface area (Å²) in [5, 5.41) is 12.7. The van der Waals surface area contributed by atoms with Crippen molar-refractivity contribution in [2.24, 2.45) is 11.5 Å². The lowest BCUT2D eigenvalue weighted by atomic mass is 10.1. The predicted octanol–water partition coefficient (Wildman–Crippen LogP) is 2.11. The number of carbonyl (C=O) groups is 7. The number of urea groups is 1. The number of hydrogen-bond donors (Lipinski definition) is 7. The number of amides is 6. The van der Waals surface area contributed by atoms with Crippen molar-refractivity contribution in [2.75, 3.05) is 38.5 Å². The number of alkyl carbamates (subject to hydrolysis) is 1. The summed E-state index contributed by atoms with van der Waals surface area (Å²) in [5.41, 5.74) is 10.9. The van der Waals surface area contributed by atoms with E-state index in [1.807, 2.05) is 0 Å². The first-order chi connectivity index (χ1) is 27.0. The number of nitrogens with one attached hydrogen (secondary N) is 5. The van der Waals surface area contributed by atoms with Crippen LogP contribution in [0, 0.1) is 23.3 Å². The Labute approximate surface area is 326 Å². The summed E-state index contributed by atoms with van der Waals surface area (Å²) < 4.78 is 64.7. The van der Waals surface area contributed by atoms with Crippen LogP contribution < -0.4 is 42.8 Å². The summed E-state index contributed by atoms with van der Waals surface area (Å²) in [6.07, 6.45) is 2.22. The molecule has 1 aliphatic rings. The van der Waals surface area contributed by atoms with Crippen LogP contribution in [0.25, 0.3) is 0 Å². The van der Waals surface area contributed by atoms with Crippen LogP contribution in [0.15, 0.2) is 30.3 Å². The fourth-order valence-electron chi connectivity index (χ4n) is 4.83. The van der Waals surface area contributed by atoms with Crippen LogP contribution in [0.2, 0.25) is 0 Å². The van der Waals surface area contributed by atoms with Gasteiger partial charge in [0.05, 0.1) is 19.1 Å². The van der Waals surface area contributed by atoms with E-state index >= 15 is 0 Å². The number of primary amides is 1. The number of likely N-dealkylation sites (tertiary alicyclic amines) is 1. The minimum Gasteiger partial charge on any atom is -0.445 e. The molecular weight excluding hydrogens is 764 g/mol. The first-order valence-electron chi connectivity index (χ1n) is 17.8. The average molecular weight is 815 g/mol. The zero-order valence-electron chi connectivity index (χ0n) is 32.1. The van der Waals surface area contributed by atoms with Gasteiger partial charge in [-0.15, -0.1) is 0 Å². The van der Waals surface area contributed by atoms with Crippen LogP contribution in [0.1, 0.15) is 58.4 Å². The highest BCUT2D eigenvalue weighted by Crippen LogP contribution is 2.28.